The van der Waals surface area contributed by atoms with Gasteiger partial charge in [-0.2, -0.15) is 0 Å². The Morgan fingerprint density at radius 2 is 1.96 bits per heavy atom. The smallest absolute Gasteiger partial charge is 0.263 e. The summed E-state index contributed by atoms with van der Waals surface area (Å²) in [6.45, 7) is 5.65. The Hall–Kier alpha value is -1.62. The van der Waals surface area contributed by atoms with E-state index in [4.69, 9.17) is 12.2 Å². The predicted octanol–water partition coefficient (Wildman–Crippen LogP) is 1.68. The minimum Gasteiger partial charge on any atom is -0.363 e. The van der Waals surface area contributed by atoms with Crippen LogP contribution in [0.5, 0.6) is 0 Å². The van der Waals surface area contributed by atoms with Crippen LogP contribution in [0.3, 0.4) is 0 Å². The molecule has 0 atom stereocenters. The summed E-state index contributed by atoms with van der Waals surface area (Å²) in [5.74, 6) is 0. The van der Waals surface area contributed by atoms with Crippen LogP contribution in [0.15, 0.2) is 29.2 Å². The van der Waals surface area contributed by atoms with Gasteiger partial charge in [0, 0.05) is 32.6 Å². The summed E-state index contributed by atoms with van der Waals surface area (Å²) in [5.41, 5.74) is 0.997. The number of piperazine rings is 1. The normalized spacial score (nSPS) is 15.0. The van der Waals surface area contributed by atoms with Crippen LogP contribution in [0.4, 0.5) is 5.13 Å². The molecule has 0 bridgehead atoms. The number of hydrogen-bond acceptors (Lipinski definition) is 7. The van der Waals surface area contributed by atoms with Crippen molar-refractivity contribution in [3.63, 3.8) is 0 Å². The SMILES string of the molecule is CCc1nnc(NS(=O)(=O)c2ccc(CC(=S)N3CCNCC3)cc2)s1. The van der Waals surface area contributed by atoms with Crippen molar-refractivity contribution < 1.29 is 8.42 Å². The summed E-state index contributed by atoms with van der Waals surface area (Å²) in [5, 5.41) is 12.2. The maximum Gasteiger partial charge on any atom is 0.263 e. The molecular formula is C16H21N5O2S3. The predicted molar refractivity (Wildman–Crippen MR) is 107 cm³/mol. The summed E-state index contributed by atoms with van der Waals surface area (Å²) in [6, 6.07) is 6.81. The highest BCUT2D eigenvalue weighted by Gasteiger charge is 2.17. The number of rotatable bonds is 6. The van der Waals surface area contributed by atoms with Crippen molar-refractivity contribution in [3.8, 4) is 0 Å². The lowest BCUT2D eigenvalue weighted by atomic mass is 10.1. The van der Waals surface area contributed by atoms with Gasteiger partial charge >= 0.3 is 0 Å². The first-order valence-electron chi connectivity index (χ1n) is 8.40. The first-order chi connectivity index (χ1) is 12.5. The number of hydrogen-bond donors (Lipinski definition) is 2. The molecule has 1 saturated heterocycles. The number of benzene rings is 1. The molecule has 2 aromatic rings. The molecule has 1 aliphatic heterocycles. The number of sulfonamides is 1. The van der Waals surface area contributed by atoms with E-state index in [0.29, 0.717) is 6.42 Å². The maximum atomic E-state index is 12.5. The van der Waals surface area contributed by atoms with Gasteiger partial charge in [0.2, 0.25) is 5.13 Å². The highest BCUT2D eigenvalue weighted by atomic mass is 32.2. The van der Waals surface area contributed by atoms with E-state index in [-0.39, 0.29) is 10.0 Å². The summed E-state index contributed by atoms with van der Waals surface area (Å²) >= 11 is 6.76. The van der Waals surface area contributed by atoms with Gasteiger partial charge in [0.25, 0.3) is 10.0 Å². The minimum atomic E-state index is -3.67. The van der Waals surface area contributed by atoms with Gasteiger partial charge in [-0.15, -0.1) is 10.2 Å². The van der Waals surface area contributed by atoms with Crippen molar-refractivity contribution in [1.29, 1.82) is 0 Å². The van der Waals surface area contributed by atoms with Crippen molar-refractivity contribution >= 4 is 43.7 Å². The van der Waals surface area contributed by atoms with Crippen LogP contribution in [-0.4, -0.2) is 54.7 Å². The zero-order valence-corrected chi connectivity index (χ0v) is 16.9. The van der Waals surface area contributed by atoms with Gasteiger partial charge in [-0.1, -0.05) is 42.6 Å². The number of aryl methyl sites for hydroxylation is 1. The lowest BCUT2D eigenvalue weighted by molar-refractivity contribution is 0.358. The van der Waals surface area contributed by atoms with Crippen molar-refractivity contribution in [2.24, 2.45) is 0 Å². The summed E-state index contributed by atoms with van der Waals surface area (Å²) < 4.78 is 27.4. The second-order valence-electron chi connectivity index (χ2n) is 5.91. The van der Waals surface area contributed by atoms with Crippen molar-refractivity contribution in [3.05, 3.63) is 34.8 Å². The Labute approximate surface area is 162 Å². The lowest BCUT2D eigenvalue weighted by Gasteiger charge is -2.29. The molecule has 1 aliphatic rings. The molecule has 1 aromatic carbocycles. The quantitative estimate of drug-likeness (QED) is 0.699. The highest BCUT2D eigenvalue weighted by molar-refractivity contribution is 7.93. The molecule has 0 amide bonds. The summed E-state index contributed by atoms with van der Waals surface area (Å²) in [7, 11) is -3.67. The number of aromatic nitrogens is 2. The van der Waals surface area contributed by atoms with Crippen LogP contribution < -0.4 is 10.0 Å². The van der Waals surface area contributed by atoms with Gasteiger partial charge in [-0.05, 0) is 24.1 Å². The molecule has 2 heterocycles. The minimum absolute atomic E-state index is 0.197. The number of nitrogens with zero attached hydrogens (tertiary/aromatic N) is 3. The molecule has 0 aliphatic carbocycles. The third kappa shape index (κ3) is 4.76. The molecule has 7 nitrogen and oxygen atoms in total. The van der Waals surface area contributed by atoms with Gasteiger partial charge in [0.15, 0.2) is 0 Å². The standard InChI is InChI=1S/C16H21N5O2S3/c1-2-14-18-19-16(25-14)20-26(22,23)13-5-3-12(4-6-13)11-15(24)21-9-7-17-8-10-21/h3-6,17H,2,7-11H2,1H3,(H,19,20). The van der Waals surface area contributed by atoms with Crippen molar-refractivity contribution in [2.45, 2.75) is 24.7 Å². The molecule has 140 valence electrons. The maximum absolute atomic E-state index is 12.5. The molecule has 1 fully saturated rings. The first kappa shape index (κ1) is 19.2. The molecule has 10 heteroatoms. The lowest BCUT2D eigenvalue weighted by Crippen LogP contribution is -2.46. The fourth-order valence-corrected chi connectivity index (χ4v) is 4.86. The van der Waals surface area contributed by atoms with Crippen molar-refractivity contribution in [2.75, 3.05) is 30.9 Å². The van der Waals surface area contributed by atoms with Gasteiger partial charge in [0.1, 0.15) is 5.01 Å². The Morgan fingerprint density at radius 1 is 1.27 bits per heavy atom. The molecule has 0 spiro atoms. The van der Waals surface area contributed by atoms with E-state index in [2.05, 4.69) is 25.1 Å². The fraction of sp³-hybridized carbons (Fsp3) is 0.438. The Bertz CT molecular complexity index is 858. The topological polar surface area (TPSA) is 87.2 Å². The van der Waals surface area contributed by atoms with Gasteiger partial charge < -0.3 is 10.2 Å². The van der Waals surface area contributed by atoms with Crippen molar-refractivity contribution in [1.82, 2.24) is 20.4 Å². The summed E-state index contributed by atoms with van der Waals surface area (Å²) in [4.78, 5) is 3.28. The molecule has 0 unspecified atom stereocenters. The fourth-order valence-electron chi connectivity index (χ4n) is 2.60. The van der Waals surface area contributed by atoms with E-state index in [0.717, 1.165) is 48.2 Å². The van der Waals surface area contributed by atoms with E-state index in [1.165, 1.54) is 11.3 Å². The average molecular weight is 412 g/mol. The Balaban J connectivity index is 1.65. The van der Waals surface area contributed by atoms with Crippen LogP contribution in [0, 0.1) is 0 Å². The van der Waals surface area contributed by atoms with Gasteiger partial charge in [-0.3, -0.25) is 4.72 Å². The first-order valence-corrected chi connectivity index (χ1v) is 11.1. The molecule has 0 radical (unpaired) electrons. The molecule has 3 rings (SSSR count). The monoisotopic (exact) mass is 411 g/mol. The molecule has 1 aromatic heterocycles. The van der Waals surface area contributed by atoms with E-state index >= 15 is 0 Å². The molecule has 2 N–H and O–H groups in total. The second-order valence-corrected chi connectivity index (χ2v) is 9.13. The average Bonchev–Trinajstić information content (AvgIpc) is 3.10. The zero-order valence-electron chi connectivity index (χ0n) is 14.4. The van der Waals surface area contributed by atoms with E-state index in [9.17, 15) is 8.42 Å². The third-order valence-corrected chi connectivity index (χ3v) is 6.92. The van der Waals surface area contributed by atoms with Gasteiger partial charge in [-0.25, -0.2) is 8.42 Å². The van der Waals surface area contributed by atoms with E-state index in [1.54, 1.807) is 24.3 Å². The Morgan fingerprint density at radius 3 is 2.58 bits per heavy atom. The van der Waals surface area contributed by atoms with Crippen LogP contribution in [0.1, 0.15) is 17.5 Å². The second kappa shape index (κ2) is 8.38. The van der Waals surface area contributed by atoms with Crippen LogP contribution in [-0.2, 0) is 22.9 Å². The van der Waals surface area contributed by atoms with Gasteiger partial charge in [0.05, 0.1) is 9.88 Å². The van der Waals surface area contributed by atoms with E-state index in [1.807, 2.05) is 6.92 Å². The van der Waals surface area contributed by atoms with Crippen LogP contribution in [0.2, 0.25) is 0 Å². The zero-order chi connectivity index (χ0) is 18.6. The van der Waals surface area contributed by atoms with Crippen LogP contribution in [0.25, 0.3) is 0 Å². The van der Waals surface area contributed by atoms with E-state index < -0.39 is 10.0 Å². The number of thiocarbonyl (C=S) groups is 1. The number of nitrogens with one attached hydrogen (secondary N) is 2. The highest BCUT2D eigenvalue weighted by Crippen LogP contribution is 2.20. The number of anilines is 1. The molecule has 26 heavy (non-hydrogen) atoms. The molecule has 0 saturated carbocycles. The van der Waals surface area contributed by atoms with Crippen LogP contribution >= 0.6 is 23.6 Å². The molecular weight excluding hydrogens is 390 g/mol. The Kier molecular flexibility index (Phi) is 6.17. The summed E-state index contributed by atoms with van der Waals surface area (Å²) in [6.07, 6.45) is 1.36. The third-order valence-electron chi connectivity index (χ3n) is 4.05. The largest absolute Gasteiger partial charge is 0.363 e.